The summed E-state index contributed by atoms with van der Waals surface area (Å²) in [5, 5.41) is 12.4. The van der Waals surface area contributed by atoms with Crippen LogP contribution in [0.1, 0.15) is 30.9 Å². The fourth-order valence-electron chi connectivity index (χ4n) is 1.39. The summed E-state index contributed by atoms with van der Waals surface area (Å²) in [5.41, 5.74) is 9.42. The van der Waals surface area contributed by atoms with E-state index in [4.69, 9.17) is 10.6 Å². The normalized spacial score (nSPS) is 11.8. The topological polar surface area (TPSA) is 81.9 Å². The third kappa shape index (κ3) is 3.97. The van der Waals surface area contributed by atoms with Crippen molar-refractivity contribution in [2.24, 2.45) is 5.11 Å². The Morgan fingerprint density at radius 1 is 1.40 bits per heavy atom. The van der Waals surface area contributed by atoms with Crippen molar-refractivity contribution in [3.63, 3.8) is 0 Å². The molecule has 1 rings (SSSR count). The minimum absolute atomic E-state index is 0.149. The summed E-state index contributed by atoms with van der Waals surface area (Å²) in [5.74, 6) is 0. The van der Waals surface area contributed by atoms with E-state index in [9.17, 15) is 0 Å². The molecule has 0 spiro atoms. The number of aliphatic hydroxyl groups is 1. The first-order valence-corrected chi connectivity index (χ1v) is 4.93. The van der Waals surface area contributed by atoms with E-state index in [0.717, 1.165) is 24.8 Å². The van der Waals surface area contributed by atoms with Crippen LogP contribution in [0.15, 0.2) is 29.6 Å². The molecule has 0 aliphatic heterocycles. The number of aromatic nitrogens is 1. The van der Waals surface area contributed by atoms with Crippen molar-refractivity contribution < 1.29 is 5.11 Å². The predicted molar refractivity (Wildman–Crippen MR) is 57.1 cm³/mol. The second-order valence-corrected chi connectivity index (χ2v) is 3.22. The molecule has 0 aliphatic carbocycles. The second kappa shape index (κ2) is 6.81. The van der Waals surface area contributed by atoms with E-state index in [0.29, 0.717) is 0 Å². The van der Waals surface area contributed by atoms with Gasteiger partial charge < -0.3 is 5.11 Å². The first-order chi connectivity index (χ1) is 7.38. The van der Waals surface area contributed by atoms with Crippen LogP contribution in [0.5, 0.6) is 0 Å². The van der Waals surface area contributed by atoms with Crippen molar-refractivity contribution in [3.8, 4) is 0 Å². The van der Waals surface area contributed by atoms with Crippen molar-refractivity contribution in [1.29, 1.82) is 0 Å². The zero-order chi connectivity index (χ0) is 10.9. The van der Waals surface area contributed by atoms with Gasteiger partial charge in [-0.05, 0) is 36.1 Å². The molecule has 5 nitrogen and oxygen atoms in total. The van der Waals surface area contributed by atoms with Gasteiger partial charge in [0.15, 0.2) is 0 Å². The fraction of sp³-hybridized carbons (Fsp3) is 0.500. The third-order valence-corrected chi connectivity index (χ3v) is 2.17. The Morgan fingerprint density at radius 3 is 2.73 bits per heavy atom. The monoisotopic (exact) mass is 206 g/mol. The number of hydrogen-bond donors (Lipinski definition) is 1. The zero-order valence-electron chi connectivity index (χ0n) is 8.45. The van der Waals surface area contributed by atoms with Gasteiger partial charge >= 0.3 is 0 Å². The van der Waals surface area contributed by atoms with E-state index >= 15 is 0 Å². The average molecular weight is 206 g/mol. The molecule has 0 bridgehead atoms. The van der Waals surface area contributed by atoms with Crippen LogP contribution in [0.3, 0.4) is 0 Å². The van der Waals surface area contributed by atoms with Gasteiger partial charge in [0.05, 0.1) is 6.04 Å². The Labute approximate surface area is 88.4 Å². The largest absolute Gasteiger partial charge is 0.396 e. The minimum atomic E-state index is -0.149. The quantitative estimate of drug-likeness (QED) is 0.336. The Morgan fingerprint density at radius 2 is 2.13 bits per heavy atom. The summed E-state index contributed by atoms with van der Waals surface area (Å²) in [6.07, 6.45) is 5.71. The van der Waals surface area contributed by atoms with E-state index in [-0.39, 0.29) is 12.6 Å². The summed E-state index contributed by atoms with van der Waals surface area (Å²) in [6.45, 7) is 0.180. The second-order valence-electron chi connectivity index (χ2n) is 3.22. The molecule has 1 aromatic heterocycles. The highest BCUT2D eigenvalue weighted by molar-refractivity contribution is 5.14. The van der Waals surface area contributed by atoms with Crippen molar-refractivity contribution in [1.82, 2.24) is 4.98 Å². The molecular formula is C10H14N4O. The Bertz CT molecular complexity index is 321. The number of nitrogens with zero attached hydrogens (tertiary/aromatic N) is 4. The van der Waals surface area contributed by atoms with E-state index in [1.165, 1.54) is 0 Å². The summed E-state index contributed by atoms with van der Waals surface area (Å²) >= 11 is 0. The van der Waals surface area contributed by atoms with Crippen LogP contribution in [0.4, 0.5) is 0 Å². The number of aliphatic hydroxyl groups excluding tert-OH is 1. The Balaban J connectivity index is 2.62. The van der Waals surface area contributed by atoms with E-state index < -0.39 is 0 Å². The molecule has 1 unspecified atom stereocenters. The highest BCUT2D eigenvalue weighted by Gasteiger charge is 2.08. The third-order valence-electron chi connectivity index (χ3n) is 2.17. The van der Waals surface area contributed by atoms with Crippen LogP contribution >= 0.6 is 0 Å². The van der Waals surface area contributed by atoms with E-state index in [1.54, 1.807) is 12.4 Å². The molecular weight excluding hydrogens is 192 g/mol. The lowest BCUT2D eigenvalue weighted by Gasteiger charge is -2.10. The van der Waals surface area contributed by atoms with Crippen LogP contribution < -0.4 is 0 Å². The number of unbranched alkanes of at least 4 members (excludes halogenated alkanes) is 1. The van der Waals surface area contributed by atoms with Crippen LogP contribution in [0, 0.1) is 0 Å². The first-order valence-electron chi connectivity index (χ1n) is 4.93. The summed E-state index contributed by atoms with van der Waals surface area (Å²) < 4.78 is 0. The smallest absolute Gasteiger partial charge is 0.0626 e. The molecule has 0 aliphatic rings. The highest BCUT2D eigenvalue weighted by Crippen LogP contribution is 2.22. The number of azide groups is 1. The van der Waals surface area contributed by atoms with Gasteiger partial charge in [-0.3, -0.25) is 4.98 Å². The maximum Gasteiger partial charge on any atom is 0.0626 e. The number of rotatable bonds is 6. The fourth-order valence-corrected chi connectivity index (χ4v) is 1.39. The van der Waals surface area contributed by atoms with Gasteiger partial charge in [0.2, 0.25) is 0 Å². The highest BCUT2D eigenvalue weighted by atomic mass is 16.2. The Kier molecular flexibility index (Phi) is 5.22. The minimum Gasteiger partial charge on any atom is -0.396 e. The maximum absolute atomic E-state index is 8.67. The lowest BCUT2D eigenvalue weighted by molar-refractivity contribution is 0.281. The van der Waals surface area contributed by atoms with Gasteiger partial charge in [-0.1, -0.05) is 11.5 Å². The van der Waals surface area contributed by atoms with Gasteiger partial charge in [-0.25, -0.2) is 0 Å². The summed E-state index contributed by atoms with van der Waals surface area (Å²) in [4.78, 5) is 6.74. The number of pyridine rings is 1. The van der Waals surface area contributed by atoms with Gasteiger partial charge in [0, 0.05) is 23.9 Å². The van der Waals surface area contributed by atoms with Gasteiger partial charge in [0.1, 0.15) is 0 Å². The van der Waals surface area contributed by atoms with Crippen molar-refractivity contribution >= 4 is 0 Å². The number of hydrogen-bond acceptors (Lipinski definition) is 3. The molecule has 15 heavy (non-hydrogen) atoms. The van der Waals surface area contributed by atoms with Gasteiger partial charge in [-0.15, -0.1) is 0 Å². The molecule has 5 heteroatoms. The Hall–Kier alpha value is -1.58. The average Bonchev–Trinajstić information content (AvgIpc) is 2.29. The molecule has 0 saturated heterocycles. The molecule has 0 saturated carbocycles. The van der Waals surface area contributed by atoms with Crippen molar-refractivity contribution in [2.45, 2.75) is 25.3 Å². The van der Waals surface area contributed by atoms with Crippen LogP contribution in [0.25, 0.3) is 10.4 Å². The predicted octanol–water partition coefficient (Wildman–Crippen LogP) is 2.60. The molecule has 1 N–H and O–H groups in total. The van der Waals surface area contributed by atoms with E-state index in [2.05, 4.69) is 15.0 Å². The van der Waals surface area contributed by atoms with Gasteiger partial charge in [0.25, 0.3) is 0 Å². The molecule has 0 fully saturated rings. The molecule has 0 amide bonds. The maximum atomic E-state index is 8.67. The van der Waals surface area contributed by atoms with Crippen LogP contribution in [-0.2, 0) is 0 Å². The summed E-state index contributed by atoms with van der Waals surface area (Å²) in [6, 6.07) is 3.54. The zero-order valence-corrected chi connectivity index (χ0v) is 8.45. The molecule has 0 radical (unpaired) electrons. The lowest BCUT2D eigenvalue weighted by Crippen LogP contribution is -1.96. The standard InChI is InChI=1S/C10H14N4O/c11-14-13-10(3-1-2-8-15)9-4-6-12-7-5-9/h4-7,10,15H,1-3,8H2. The SMILES string of the molecule is [N-]=[N+]=NC(CCCCO)c1ccncc1. The molecule has 1 heterocycles. The molecule has 1 aromatic rings. The van der Waals surface area contributed by atoms with E-state index in [1.807, 2.05) is 12.1 Å². The van der Waals surface area contributed by atoms with Crippen LogP contribution in [0.2, 0.25) is 0 Å². The summed E-state index contributed by atoms with van der Waals surface area (Å²) in [7, 11) is 0. The van der Waals surface area contributed by atoms with Crippen LogP contribution in [-0.4, -0.2) is 16.7 Å². The first kappa shape index (κ1) is 11.5. The van der Waals surface area contributed by atoms with Crippen molar-refractivity contribution in [2.75, 3.05) is 6.61 Å². The molecule has 0 aromatic carbocycles. The lowest BCUT2D eigenvalue weighted by atomic mass is 10.0. The van der Waals surface area contributed by atoms with Gasteiger partial charge in [-0.2, -0.15) is 0 Å². The molecule has 80 valence electrons. The van der Waals surface area contributed by atoms with Crippen molar-refractivity contribution in [3.05, 3.63) is 40.5 Å². The molecule has 1 atom stereocenters.